The number of benzene rings is 3. The number of amides is 1. The van der Waals surface area contributed by atoms with Gasteiger partial charge in [0.1, 0.15) is 23.3 Å². The van der Waals surface area contributed by atoms with Crippen LogP contribution in [-0.2, 0) is 11.3 Å². The van der Waals surface area contributed by atoms with Crippen LogP contribution in [0.5, 0.6) is 17.2 Å². The largest absolute Gasteiger partial charge is 0.493 e. The summed E-state index contributed by atoms with van der Waals surface area (Å²) < 4.78 is 17.4. The Balaban J connectivity index is 1.35. The number of carbonyl (C=O) groups is 1. The van der Waals surface area contributed by atoms with E-state index in [1.807, 2.05) is 84.9 Å². The molecule has 1 aliphatic heterocycles. The highest BCUT2D eigenvalue weighted by Crippen LogP contribution is 2.34. The maximum absolute atomic E-state index is 12.9. The minimum atomic E-state index is -0.0783. The topological polar surface area (TPSA) is 48.0 Å². The van der Waals surface area contributed by atoms with Crippen molar-refractivity contribution < 1.29 is 19.0 Å². The van der Waals surface area contributed by atoms with Gasteiger partial charge in [0, 0.05) is 0 Å². The molecule has 1 amide bonds. The standard InChI is InChI=1S/C26H23NO4S2/c1-29-22-12-5-6-13-23(22)31-15-14-30-21-11-7-10-20(16-21)17-24-25(28)27(26(32)33-24)18-19-8-3-2-4-9-19/h2-13,16-17H,14-15,18H2,1H3/b24-17-. The Labute approximate surface area is 203 Å². The fourth-order valence-electron chi connectivity index (χ4n) is 3.30. The van der Waals surface area contributed by atoms with Crippen LogP contribution in [0.2, 0.25) is 0 Å². The van der Waals surface area contributed by atoms with Gasteiger partial charge in [-0.2, -0.15) is 0 Å². The van der Waals surface area contributed by atoms with Gasteiger partial charge in [-0.15, -0.1) is 0 Å². The zero-order valence-corrected chi connectivity index (χ0v) is 19.7. The fourth-order valence-corrected chi connectivity index (χ4v) is 4.55. The van der Waals surface area contributed by atoms with Crippen LogP contribution in [0.3, 0.4) is 0 Å². The van der Waals surface area contributed by atoms with Crippen molar-refractivity contribution in [2.24, 2.45) is 0 Å². The molecule has 0 aliphatic carbocycles. The molecule has 5 nitrogen and oxygen atoms in total. The second-order valence-electron chi connectivity index (χ2n) is 7.17. The van der Waals surface area contributed by atoms with Crippen LogP contribution in [0, 0.1) is 0 Å². The normalized spacial score (nSPS) is 14.6. The molecule has 0 radical (unpaired) electrons. The van der Waals surface area contributed by atoms with Crippen LogP contribution < -0.4 is 14.2 Å². The average Bonchev–Trinajstić information content (AvgIpc) is 3.10. The van der Waals surface area contributed by atoms with Crippen LogP contribution >= 0.6 is 24.0 Å². The first-order valence-corrected chi connectivity index (χ1v) is 11.6. The van der Waals surface area contributed by atoms with Crippen LogP contribution in [0.15, 0.2) is 83.8 Å². The number of hydrogen-bond donors (Lipinski definition) is 0. The van der Waals surface area contributed by atoms with E-state index >= 15 is 0 Å². The van der Waals surface area contributed by atoms with Crippen LogP contribution in [0.25, 0.3) is 6.08 Å². The summed E-state index contributed by atoms with van der Waals surface area (Å²) in [7, 11) is 1.61. The Bertz CT molecular complexity index is 1160. The molecule has 1 fully saturated rings. The Hall–Kier alpha value is -3.29. The van der Waals surface area contributed by atoms with Crippen molar-refractivity contribution >= 4 is 40.3 Å². The summed E-state index contributed by atoms with van der Waals surface area (Å²) >= 11 is 6.76. The lowest BCUT2D eigenvalue weighted by Crippen LogP contribution is -2.27. The fraction of sp³-hybridized carbons (Fsp3) is 0.154. The Morgan fingerprint density at radius 3 is 2.42 bits per heavy atom. The average molecular weight is 478 g/mol. The van der Waals surface area contributed by atoms with E-state index in [2.05, 4.69) is 0 Å². The van der Waals surface area contributed by atoms with Crippen LogP contribution in [0.4, 0.5) is 0 Å². The number of nitrogens with zero attached hydrogens (tertiary/aromatic N) is 1. The number of ether oxygens (including phenoxy) is 3. The Morgan fingerprint density at radius 2 is 1.64 bits per heavy atom. The summed E-state index contributed by atoms with van der Waals surface area (Å²) in [6.07, 6.45) is 1.85. The number of thioether (sulfide) groups is 1. The van der Waals surface area contributed by atoms with Gasteiger partial charge in [-0.3, -0.25) is 9.69 Å². The maximum Gasteiger partial charge on any atom is 0.266 e. The Morgan fingerprint density at radius 1 is 0.909 bits per heavy atom. The summed E-state index contributed by atoms with van der Waals surface area (Å²) in [4.78, 5) is 15.1. The lowest BCUT2D eigenvalue weighted by Gasteiger charge is -2.14. The van der Waals surface area contributed by atoms with Crippen molar-refractivity contribution in [1.82, 2.24) is 4.90 Å². The quantitative estimate of drug-likeness (QED) is 0.229. The van der Waals surface area contributed by atoms with Gasteiger partial charge in [-0.25, -0.2) is 0 Å². The van der Waals surface area contributed by atoms with E-state index in [1.165, 1.54) is 11.8 Å². The third-order valence-electron chi connectivity index (χ3n) is 4.89. The van der Waals surface area contributed by atoms with Crippen molar-refractivity contribution in [1.29, 1.82) is 0 Å². The second-order valence-corrected chi connectivity index (χ2v) is 8.85. The molecule has 3 aromatic carbocycles. The van der Waals surface area contributed by atoms with Gasteiger partial charge in [0.2, 0.25) is 0 Å². The highest BCUT2D eigenvalue weighted by atomic mass is 32.2. The van der Waals surface area contributed by atoms with Gasteiger partial charge in [0.15, 0.2) is 11.5 Å². The number of rotatable bonds is 9. The van der Waals surface area contributed by atoms with E-state index in [0.29, 0.717) is 46.2 Å². The van der Waals surface area contributed by atoms with Crippen LogP contribution in [0.1, 0.15) is 11.1 Å². The third-order valence-corrected chi connectivity index (χ3v) is 6.27. The molecule has 0 N–H and O–H groups in total. The molecule has 0 atom stereocenters. The summed E-state index contributed by atoms with van der Waals surface area (Å²) in [6.45, 7) is 1.22. The molecule has 1 aliphatic rings. The van der Waals surface area contributed by atoms with E-state index in [1.54, 1.807) is 12.0 Å². The minimum Gasteiger partial charge on any atom is -0.493 e. The van der Waals surface area contributed by atoms with Crippen molar-refractivity contribution in [2.45, 2.75) is 6.54 Å². The number of hydrogen-bond acceptors (Lipinski definition) is 6. The molecule has 1 saturated heterocycles. The lowest BCUT2D eigenvalue weighted by atomic mass is 10.2. The summed E-state index contributed by atoms with van der Waals surface area (Å²) in [5.41, 5.74) is 1.92. The molecule has 3 aromatic rings. The van der Waals surface area contributed by atoms with E-state index in [0.717, 1.165) is 11.1 Å². The molecule has 0 bridgehead atoms. The van der Waals surface area contributed by atoms with Crippen molar-refractivity contribution in [3.63, 3.8) is 0 Å². The maximum atomic E-state index is 12.9. The third kappa shape index (κ3) is 5.94. The zero-order chi connectivity index (χ0) is 23.0. The molecule has 0 aromatic heterocycles. The van der Waals surface area contributed by atoms with Gasteiger partial charge in [-0.05, 0) is 41.5 Å². The smallest absolute Gasteiger partial charge is 0.266 e. The molecule has 1 heterocycles. The number of thiocarbonyl (C=S) groups is 1. The molecular formula is C26H23NO4S2. The molecule has 0 unspecified atom stereocenters. The second kappa shape index (κ2) is 11.0. The summed E-state index contributed by atoms with van der Waals surface area (Å²) in [5.74, 6) is 1.98. The first kappa shape index (κ1) is 22.9. The van der Waals surface area contributed by atoms with E-state index in [9.17, 15) is 4.79 Å². The van der Waals surface area contributed by atoms with Gasteiger partial charge >= 0.3 is 0 Å². The molecule has 168 valence electrons. The van der Waals surface area contributed by atoms with Crippen molar-refractivity contribution in [3.05, 3.63) is 94.9 Å². The Kier molecular flexibility index (Phi) is 7.65. The first-order valence-electron chi connectivity index (χ1n) is 10.4. The molecule has 4 rings (SSSR count). The van der Waals surface area contributed by atoms with Crippen LogP contribution in [-0.4, -0.2) is 35.5 Å². The van der Waals surface area contributed by atoms with E-state index < -0.39 is 0 Å². The van der Waals surface area contributed by atoms with E-state index in [4.69, 9.17) is 26.4 Å². The summed E-state index contributed by atoms with van der Waals surface area (Å²) in [5, 5.41) is 0. The number of para-hydroxylation sites is 2. The zero-order valence-electron chi connectivity index (χ0n) is 18.1. The lowest BCUT2D eigenvalue weighted by molar-refractivity contribution is -0.122. The van der Waals surface area contributed by atoms with Gasteiger partial charge in [0.25, 0.3) is 5.91 Å². The molecular weight excluding hydrogens is 454 g/mol. The van der Waals surface area contributed by atoms with Gasteiger partial charge in [0.05, 0.1) is 18.6 Å². The van der Waals surface area contributed by atoms with E-state index in [-0.39, 0.29) is 5.91 Å². The first-order chi connectivity index (χ1) is 16.1. The predicted octanol–water partition coefficient (Wildman–Crippen LogP) is 5.55. The van der Waals surface area contributed by atoms with Crippen molar-refractivity contribution in [2.75, 3.05) is 20.3 Å². The predicted molar refractivity (Wildman–Crippen MR) is 136 cm³/mol. The molecule has 33 heavy (non-hydrogen) atoms. The molecule has 0 spiro atoms. The highest BCUT2D eigenvalue weighted by Gasteiger charge is 2.31. The van der Waals surface area contributed by atoms with Crippen molar-refractivity contribution in [3.8, 4) is 17.2 Å². The van der Waals surface area contributed by atoms with Gasteiger partial charge in [-0.1, -0.05) is 78.6 Å². The highest BCUT2D eigenvalue weighted by molar-refractivity contribution is 8.26. The number of carbonyl (C=O) groups excluding carboxylic acids is 1. The van der Waals surface area contributed by atoms with Gasteiger partial charge < -0.3 is 14.2 Å². The monoisotopic (exact) mass is 477 g/mol. The SMILES string of the molecule is COc1ccccc1OCCOc1cccc(/C=C2\SC(=S)N(Cc3ccccc3)C2=O)c1. The molecule has 0 saturated carbocycles. The summed E-state index contributed by atoms with van der Waals surface area (Å²) in [6, 6.07) is 24.9. The minimum absolute atomic E-state index is 0.0783. The number of methoxy groups -OCH3 is 1. The molecule has 7 heteroatoms.